The maximum Gasteiger partial charge on any atom is 0.121 e. The number of hydrogen-bond donors (Lipinski definition) is 1. The van der Waals surface area contributed by atoms with Crippen molar-refractivity contribution in [2.75, 3.05) is 0 Å². The Hall–Kier alpha value is -1.40. The van der Waals surface area contributed by atoms with E-state index in [1.165, 1.54) is 12.8 Å². The van der Waals surface area contributed by atoms with Gasteiger partial charge in [-0.05, 0) is 30.5 Å². The standard InChI is InChI=1S/C10H11N3/c11-7-10(13-9-1-2-9)8-3-5-12-6-4-8/h3-6,9-10,13H,1-2H2. The van der Waals surface area contributed by atoms with Crippen LogP contribution in [0.4, 0.5) is 0 Å². The molecule has 1 aliphatic carbocycles. The van der Waals surface area contributed by atoms with Crippen molar-refractivity contribution in [3.8, 4) is 6.07 Å². The lowest BCUT2D eigenvalue weighted by atomic mass is 10.1. The Kier molecular flexibility index (Phi) is 2.24. The summed E-state index contributed by atoms with van der Waals surface area (Å²) in [5.74, 6) is 0. The molecule has 0 aliphatic heterocycles. The summed E-state index contributed by atoms with van der Waals surface area (Å²) in [5, 5.41) is 12.2. The van der Waals surface area contributed by atoms with Crippen molar-refractivity contribution in [3.63, 3.8) is 0 Å². The van der Waals surface area contributed by atoms with Gasteiger partial charge in [-0.3, -0.25) is 10.3 Å². The van der Waals surface area contributed by atoms with Crippen molar-refractivity contribution < 1.29 is 0 Å². The molecule has 3 heteroatoms. The Balaban J connectivity index is 2.08. The predicted octanol–water partition coefficient (Wildman–Crippen LogP) is 1.40. The minimum atomic E-state index is -0.171. The molecule has 1 unspecified atom stereocenters. The van der Waals surface area contributed by atoms with Crippen molar-refractivity contribution in [1.82, 2.24) is 10.3 Å². The van der Waals surface area contributed by atoms with Gasteiger partial charge in [0, 0.05) is 18.4 Å². The van der Waals surface area contributed by atoms with Crippen molar-refractivity contribution in [1.29, 1.82) is 5.26 Å². The monoisotopic (exact) mass is 173 g/mol. The predicted molar refractivity (Wildman–Crippen MR) is 48.7 cm³/mol. The van der Waals surface area contributed by atoms with Crippen LogP contribution in [0.5, 0.6) is 0 Å². The fourth-order valence-electron chi connectivity index (χ4n) is 1.25. The molecule has 13 heavy (non-hydrogen) atoms. The number of nitrogens with one attached hydrogen (secondary N) is 1. The van der Waals surface area contributed by atoms with Gasteiger partial charge in [0.1, 0.15) is 6.04 Å². The van der Waals surface area contributed by atoms with Gasteiger partial charge in [0.05, 0.1) is 6.07 Å². The summed E-state index contributed by atoms with van der Waals surface area (Å²) in [7, 11) is 0. The average Bonchev–Trinajstić information content (AvgIpc) is 2.99. The van der Waals surface area contributed by atoms with E-state index in [-0.39, 0.29) is 6.04 Å². The Morgan fingerprint density at radius 3 is 2.69 bits per heavy atom. The van der Waals surface area contributed by atoms with Crippen LogP contribution in [0.1, 0.15) is 24.4 Å². The number of hydrogen-bond acceptors (Lipinski definition) is 3. The molecule has 1 saturated carbocycles. The summed E-state index contributed by atoms with van der Waals surface area (Å²) in [5.41, 5.74) is 1.00. The minimum absolute atomic E-state index is 0.171. The Labute approximate surface area is 77.4 Å². The van der Waals surface area contributed by atoms with Crippen LogP contribution in [0.25, 0.3) is 0 Å². The molecule has 0 aromatic carbocycles. The smallest absolute Gasteiger partial charge is 0.121 e. The van der Waals surface area contributed by atoms with Crippen LogP contribution in [0.2, 0.25) is 0 Å². The first kappa shape index (κ1) is 8.21. The number of nitriles is 1. The Bertz CT molecular complexity index is 311. The molecule has 1 heterocycles. The van der Waals surface area contributed by atoms with E-state index in [9.17, 15) is 0 Å². The highest BCUT2D eigenvalue weighted by Gasteiger charge is 2.24. The largest absolute Gasteiger partial charge is 0.295 e. The van der Waals surface area contributed by atoms with Gasteiger partial charge in [-0.2, -0.15) is 5.26 Å². The highest BCUT2D eigenvalue weighted by atomic mass is 15.0. The summed E-state index contributed by atoms with van der Waals surface area (Å²) in [4.78, 5) is 3.92. The molecule has 1 aliphatic rings. The van der Waals surface area contributed by atoms with Gasteiger partial charge >= 0.3 is 0 Å². The van der Waals surface area contributed by atoms with E-state index in [1.807, 2.05) is 12.1 Å². The molecule has 1 aromatic rings. The van der Waals surface area contributed by atoms with E-state index in [0.29, 0.717) is 6.04 Å². The second kappa shape index (κ2) is 3.55. The first-order valence-corrected chi connectivity index (χ1v) is 4.46. The van der Waals surface area contributed by atoms with Gasteiger partial charge in [-0.1, -0.05) is 0 Å². The maximum atomic E-state index is 8.92. The van der Waals surface area contributed by atoms with E-state index >= 15 is 0 Å². The molecule has 3 nitrogen and oxygen atoms in total. The third kappa shape index (κ3) is 2.04. The van der Waals surface area contributed by atoms with E-state index in [2.05, 4.69) is 16.4 Å². The molecule has 1 fully saturated rings. The highest BCUT2D eigenvalue weighted by Crippen LogP contribution is 2.23. The van der Waals surface area contributed by atoms with Crippen LogP contribution in [-0.2, 0) is 0 Å². The fraction of sp³-hybridized carbons (Fsp3) is 0.400. The zero-order chi connectivity index (χ0) is 9.10. The van der Waals surface area contributed by atoms with Crippen molar-refractivity contribution in [2.45, 2.75) is 24.9 Å². The molecule has 2 rings (SSSR count). The molecule has 0 radical (unpaired) electrons. The maximum absolute atomic E-state index is 8.92. The molecule has 1 aromatic heterocycles. The normalized spacial score (nSPS) is 17.8. The summed E-state index contributed by atoms with van der Waals surface area (Å²) in [6.45, 7) is 0. The van der Waals surface area contributed by atoms with Crippen molar-refractivity contribution in [2.24, 2.45) is 0 Å². The van der Waals surface area contributed by atoms with Crippen molar-refractivity contribution in [3.05, 3.63) is 30.1 Å². The van der Waals surface area contributed by atoms with E-state index in [1.54, 1.807) is 12.4 Å². The molecule has 0 spiro atoms. The first-order valence-electron chi connectivity index (χ1n) is 4.46. The molecule has 1 N–H and O–H groups in total. The number of aromatic nitrogens is 1. The van der Waals surface area contributed by atoms with Gasteiger partial charge < -0.3 is 0 Å². The number of pyridine rings is 1. The lowest BCUT2D eigenvalue weighted by molar-refractivity contribution is 0.625. The van der Waals surface area contributed by atoms with Crippen LogP contribution in [-0.4, -0.2) is 11.0 Å². The number of nitrogens with zero attached hydrogens (tertiary/aromatic N) is 2. The average molecular weight is 173 g/mol. The first-order chi connectivity index (χ1) is 6.40. The van der Waals surface area contributed by atoms with Crippen LogP contribution in [0, 0.1) is 11.3 Å². The summed E-state index contributed by atoms with van der Waals surface area (Å²) in [6.07, 6.45) is 5.83. The molecule has 0 bridgehead atoms. The lowest BCUT2D eigenvalue weighted by Crippen LogP contribution is -2.21. The SMILES string of the molecule is N#CC(NC1CC1)c1ccncc1. The summed E-state index contributed by atoms with van der Waals surface area (Å²) >= 11 is 0. The molecule has 0 amide bonds. The topological polar surface area (TPSA) is 48.7 Å². The van der Waals surface area contributed by atoms with Crippen LogP contribution < -0.4 is 5.32 Å². The fourth-order valence-corrected chi connectivity index (χ4v) is 1.25. The molecular weight excluding hydrogens is 162 g/mol. The molecular formula is C10H11N3. The van der Waals surface area contributed by atoms with E-state index in [4.69, 9.17) is 5.26 Å². The lowest BCUT2D eigenvalue weighted by Gasteiger charge is -2.09. The van der Waals surface area contributed by atoms with Crippen LogP contribution in [0.15, 0.2) is 24.5 Å². The molecule has 66 valence electrons. The van der Waals surface area contributed by atoms with Gasteiger partial charge in [0.25, 0.3) is 0 Å². The van der Waals surface area contributed by atoms with Gasteiger partial charge in [-0.15, -0.1) is 0 Å². The zero-order valence-electron chi connectivity index (χ0n) is 7.27. The molecule has 1 atom stereocenters. The minimum Gasteiger partial charge on any atom is -0.295 e. The Morgan fingerprint density at radius 2 is 2.15 bits per heavy atom. The molecule has 0 saturated heterocycles. The Morgan fingerprint density at radius 1 is 1.46 bits per heavy atom. The summed E-state index contributed by atoms with van der Waals surface area (Å²) in [6, 6.07) is 6.39. The second-order valence-electron chi connectivity index (χ2n) is 3.28. The third-order valence-corrected chi connectivity index (χ3v) is 2.15. The number of rotatable bonds is 3. The van der Waals surface area contributed by atoms with Crippen LogP contribution in [0.3, 0.4) is 0 Å². The second-order valence-corrected chi connectivity index (χ2v) is 3.28. The van der Waals surface area contributed by atoms with E-state index in [0.717, 1.165) is 5.56 Å². The third-order valence-electron chi connectivity index (χ3n) is 2.15. The van der Waals surface area contributed by atoms with Gasteiger partial charge in [-0.25, -0.2) is 0 Å². The van der Waals surface area contributed by atoms with Gasteiger partial charge in [0.15, 0.2) is 0 Å². The zero-order valence-corrected chi connectivity index (χ0v) is 7.27. The quantitative estimate of drug-likeness (QED) is 0.751. The van der Waals surface area contributed by atoms with Crippen LogP contribution >= 0.6 is 0 Å². The van der Waals surface area contributed by atoms with E-state index < -0.39 is 0 Å². The van der Waals surface area contributed by atoms with Crippen molar-refractivity contribution >= 4 is 0 Å². The highest BCUT2D eigenvalue weighted by molar-refractivity contribution is 5.21. The van der Waals surface area contributed by atoms with Gasteiger partial charge in [0.2, 0.25) is 0 Å². The summed E-state index contributed by atoms with van der Waals surface area (Å²) < 4.78 is 0.